The number of fused-ring (bicyclic) bond motifs is 11. The van der Waals surface area contributed by atoms with Crippen LogP contribution in [-0.2, 0) is 10.8 Å². The summed E-state index contributed by atoms with van der Waals surface area (Å²) < 4.78 is 0. The van der Waals surface area contributed by atoms with Gasteiger partial charge in [0.25, 0.3) is 0 Å². The van der Waals surface area contributed by atoms with Crippen LogP contribution < -0.4 is 9.80 Å². The van der Waals surface area contributed by atoms with Crippen molar-refractivity contribution in [3.8, 4) is 33.4 Å². The second-order valence-corrected chi connectivity index (χ2v) is 18.7. The van der Waals surface area contributed by atoms with Gasteiger partial charge in [0.05, 0.1) is 5.69 Å². The molecule has 4 aliphatic rings. The minimum absolute atomic E-state index is 0.0963. The molecule has 0 unspecified atom stereocenters. The molecule has 2 saturated carbocycles. The van der Waals surface area contributed by atoms with Gasteiger partial charge in [0.15, 0.2) is 0 Å². The molecule has 13 rings (SSSR count). The van der Waals surface area contributed by atoms with E-state index in [1.807, 2.05) is 0 Å². The normalized spacial score (nSPS) is 15.9. The molecule has 0 atom stereocenters. The monoisotopic (exact) mass is 822 g/mol. The Kier molecular flexibility index (Phi) is 8.60. The lowest BCUT2D eigenvalue weighted by atomic mass is 9.76. The molecule has 0 saturated heterocycles. The minimum atomic E-state index is 0.0963. The maximum atomic E-state index is 2.56. The summed E-state index contributed by atoms with van der Waals surface area (Å²) in [7, 11) is 0. The molecule has 9 aromatic carbocycles. The quantitative estimate of drug-likeness (QED) is 0.158. The van der Waals surface area contributed by atoms with Crippen molar-refractivity contribution in [2.45, 2.75) is 62.2 Å². The van der Waals surface area contributed by atoms with Gasteiger partial charge in [-0.15, -0.1) is 0 Å². The first kappa shape index (κ1) is 37.4. The van der Waals surface area contributed by atoms with Crippen LogP contribution in [0.4, 0.5) is 34.1 Å². The average Bonchev–Trinajstić information content (AvgIpc) is 4.17. The molecule has 2 spiro atoms. The SMILES string of the molecule is c1ccc(N(c2ccc(-c3ccc(N(c4ccc5c(c4)-c4ccccc4C54CCCC4)c4ccc5c(c4)C4(CCCC4)c4ccccc4-5)cc3)cc2)c2cccc3ccccc23)cc1. The summed E-state index contributed by atoms with van der Waals surface area (Å²) in [5.41, 5.74) is 21.4. The largest absolute Gasteiger partial charge is 0.310 e. The third kappa shape index (κ3) is 5.64. The summed E-state index contributed by atoms with van der Waals surface area (Å²) in [5.74, 6) is 0. The number of benzene rings is 9. The molecule has 0 radical (unpaired) electrons. The van der Waals surface area contributed by atoms with Crippen molar-refractivity contribution in [2.75, 3.05) is 9.80 Å². The van der Waals surface area contributed by atoms with Crippen LogP contribution in [0.2, 0.25) is 0 Å². The molecule has 0 amide bonds. The molecule has 0 aliphatic heterocycles. The molecule has 2 fully saturated rings. The zero-order valence-corrected chi connectivity index (χ0v) is 36.2. The van der Waals surface area contributed by atoms with Crippen LogP contribution in [0.5, 0.6) is 0 Å². The highest BCUT2D eigenvalue weighted by atomic mass is 15.1. The molecular weight excluding hydrogens is 773 g/mol. The Morgan fingerprint density at radius 1 is 0.297 bits per heavy atom. The zero-order valence-electron chi connectivity index (χ0n) is 36.2. The van der Waals surface area contributed by atoms with Gasteiger partial charge in [-0.1, -0.05) is 165 Å². The second kappa shape index (κ2) is 14.7. The summed E-state index contributed by atoms with van der Waals surface area (Å²) in [4.78, 5) is 4.91. The Bertz CT molecular complexity index is 3220. The molecule has 0 bridgehead atoms. The molecule has 308 valence electrons. The van der Waals surface area contributed by atoms with E-state index in [-0.39, 0.29) is 10.8 Å². The van der Waals surface area contributed by atoms with Gasteiger partial charge >= 0.3 is 0 Å². The van der Waals surface area contributed by atoms with Crippen molar-refractivity contribution in [3.63, 3.8) is 0 Å². The maximum absolute atomic E-state index is 2.56. The summed E-state index contributed by atoms with van der Waals surface area (Å²) in [6.07, 6.45) is 10.1. The smallest absolute Gasteiger partial charge is 0.0540 e. The fourth-order valence-corrected chi connectivity index (χ4v) is 12.7. The molecule has 4 aliphatic carbocycles. The highest BCUT2D eigenvalue weighted by Crippen LogP contribution is 2.60. The molecule has 2 nitrogen and oxygen atoms in total. The number of nitrogens with zero attached hydrogens (tertiary/aromatic N) is 2. The van der Waals surface area contributed by atoms with E-state index in [1.165, 1.54) is 141 Å². The molecule has 9 aromatic rings. The molecule has 0 aromatic heterocycles. The highest BCUT2D eigenvalue weighted by Gasteiger charge is 2.46. The Morgan fingerprint density at radius 2 is 0.766 bits per heavy atom. The number of rotatable bonds is 7. The Balaban J connectivity index is 0.907. The number of anilines is 6. The van der Waals surface area contributed by atoms with Gasteiger partial charge in [0.1, 0.15) is 0 Å². The first-order valence-corrected chi connectivity index (χ1v) is 23.5. The first-order chi connectivity index (χ1) is 31.7. The van der Waals surface area contributed by atoms with Gasteiger partial charge in [-0.25, -0.2) is 0 Å². The predicted octanol–water partition coefficient (Wildman–Crippen LogP) is 17.1. The lowest BCUT2D eigenvalue weighted by Gasteiger charge is -2.31. The summed E-state index contributed by atoms with van der Waals surface area (Å²) in [5, 5.41) is 2.46. The van der Waals surface area contributed by atoms with Crippen LogP contribution in [0, 0.1) is 0 Å². The van der Waals surface area contributed by atoms with Crippen molar-refractivity contribution >= 4 is 44.9 Å². The molecule has 0 heterocycles. The maximum Gasteiger partial charge on any atom is 0.0540 e. The van der Waals surface area contributed by atoms with E-state index < -0.39 is 0 Å². The Labute approximate surface area is 377 Å². The fourth-order valence-electron chi connectivity index (χ4n) is 12.7. The number of para-hydroxylation sites is 1. The van der Waals surface area contributed by atoms with E-state index in [0.29, 0.717) is 0 Å². The van der Waals surface area contributed by atoms with Crippen molar-refractivity contribution in [1.29, 1.82) is 0 Å². The van der Waals surface area contributed by atoms with Crippen LogP contribution in [0.15, 0.2) is 206 Å². The van der Waals surface area contributed by atoms with E-state index in [4.69, 9.17) is 0 Å². The summed E-state index contributed by atoms with van der Waals surface area (Å²) in [6.45, 7) is 0. The van der Waals surface area contributed by atoms with Crippen molar-refractivity contribution < 1.29 is 0 Å². The lowest BCUT2D eigenvalue weighted by Crippen LogP contribution is -2.21. The Morgan fingerprint density at radius 3 is 1.45 bits per heavy atom. The highest BCUT2D eigenvalue weighted by molar-refractivity contribution is 5.99. The van der Waals surface area contributed by atoms with E-state index in [9.17, 15) is 0 Å². The average molecular weight is 823 g/mol. The van der Waals surface area contributed by atoms with E-state index in [2.05, 4.69) is 216 Å². The molecular formula is C62H50N2. The summed E-state index contributed by atoms with van der Waals surface area (Å²) >= 11 is 0. The van der Waals surface area contributed by atoms with Crippen LogP contribution in [-0.4, -0.2) is 0 Å². The topological polar surface area (TPSA) is 6.48 Å². The standard InChI is InChI=1S/C62H50N2/c1-2-17-46(18-3-1)64(60-24-14-16-45-15-4-5-19-51(45)60)48-31-27-44(28-32-48)43-25-29-47(30-26-43)63(49-34-36-58-55(41-49)53-21-7-9-23-57(53)61(58)37-10-11-38-61)50-33-35-54-52-20-6-8-22-56(52)62(59(54)42-50)39-12-13-40-62/h1-9,14-36,41-42H,10-13,37-40H2. The fraction of sp³-hybridized carbons (Fsp3) is 0.161. The van der Waals surface area contributed by atoms with Gasteiger partial charge in [0.2, 0.25) is 0 Å². The van der Waals surface area contributed by atoms with Gasteiger partial charge in [-0.2, -0.15) is 0 Å². The molecule has 64 heavy (non-hydrogen) atoms. The van der Waals surface area contributed by atoms with Gasteiger partial charge in [-0.3, -0.25) is 0 Å². The van der Waals surface area contributed by atoms with E-state index in [0.717, 1.165) is 11.4 Å². The van der Waals surface area contributed by atoms with Crippen LogP contribution in [0.25, 0.3) is 44.2 Å². The predicted molar refractivity (Wildman–Crippen MR) is 268 cm³/mol. The third-order valence-electron chi connectivity index (χ3n) is 15.5. The molecule has 0 N–H and O–H groups in total. The van der Waals surface area contributed by atoms with Gasteiger partial charge in [0, 0.05) is 44.7 Å². The molecule has 2 heteroatoms. The van der Waals surface area contributed by atoms with Crippen LogP contribution in [0.1, 0.15) is 73.6 Å². The second-order valence-electron chi connectivity index (χ2n) is 18.7. The first-order valence-electron chi connectivity index (χ1n) is 23.5. The van der Waals surface area contributed by atoms with Crippen molar-refractivity contribution in [3.05, 3.63) is 229 Å². The van der Waals surface area contributed by atoms with E-state index in [1.54, 1.807) is 0 Å². The van der Waals surface area contributed by atoms with Crippen LogP contribution in [0.3, 0.4) is 0 Å². The lowest BCUT2D eigenvalue weighted by molar-refractivity contribution is 0.550. The van der Waals surface area contributed by atoms with E-state index >= 15 is 0 Å². The van der Waals surface area contributed by atoms with Crippen molar-refractivity contribution in [1.82, 2.24) is 0 Å². The zero-order chi connectivity index (χ0) is 42.2. The van der Waals surface area contributed by atoms with Crippen molar-refractivity contribution in [2.24, 2.45) is 0 Å². The number of hydrogen-bond donors (Lipinski definition) is 0. The van der Waals surface area contributed by atoms with Gasteiger partial charge < -0.3 is 9.80 Å². The summed E-state index contributed by atoms with van der Waals surface area (Å²) in [6, 6.07) is 77.6. The number of hydrogen-bond acceptors (Lipinski definition) is 2. The van der Waals surface area contributed by atoms with Crippen LogP contribution >= 0.6 is 0 Å². The van der Waals surface area contributed by atoms with Gasteiger partial charge in [-0.05, 0) is 153 Å². The third-order valence-corrected chi connectivity index (χ3v) is 15.5. The Hall–Kier alpha value is -7.16. The minimum Gasteiger partial charge on any atom is -0.310 e.